The highest BCUT2D eigenvalue weighted by Crippen LogP contribution is 2.30. The van der Waals surface area contributed by atoms with E-state index in [1.165, 1.54) is 58.0 Å². The van der Waals surface area contributed by atoms with E-state index in [1.54, 1.807) is 0 Å². The van der Waals surface area contributed by atoms with E-state index in [2.05, 4.69) is 18.7 Å². The fourth-order valence-corrected chi connectivity index (χ4v) is 2.42. The second-order valence-electron chi connectivity index (χ2n) is 5.27. The number of hydrogen-bond donors (Lipinski definition) is 1. The van der Waals surface area contributed by atoms with Crippen LogP contribution in [0.4, 0.5) is 0 Å². The molecule has 1 aliphatic carbocycles. The monoisotopic (exact) mass is 226 g/mol. The van der Waals surface area contributed by atoms with E-state index in [1.807, 2.05) is 0 Å². The van der Waals surface area contributed by atoms with Gasteiger partial charge in [0.25, 0.3) is 0 Å². The molecule has 96 valence electrons. The van der Waals surface area contributed by atoms with Crippen molar-refractivity contribution in [1.29, 1.82) is 0 Å². The Morgan fingerprint density at radius 1 is 1.19 bits per heavy atom. The number of hydrogen-bond acceptors (Lipinski definition) is 2. The third kappa shape index (κ3) is 5.31. The molecule has 16 heavy (non-hydrogen) atoms. The summed E-state index contributed by atoms with van der Waals surface area (Å²) in [5.41, 5.74) is 5.92. The van der Waals surface area contributed by atoms with Gasteiger partial charge in [0.1, 0.15) is 0 Å². The molecule has 0 amide bonds. The Balaban J connectivity index is 2.19. The van der Waals surface area contributed by atoms with Crippen LogP contribution in [-0.2, 0) is 0 Å². The maximum Gasteiger partial charge on any atom is 0.0218 e. The van der Waals surface area contributed by atoms with Gasteiger partial charge in [-0.05, 0) is 31.7 Å². The van der Waals surface area contributed by atoms with E-state index < -0.39 is 0 Å². The van der Waals surface area contributed by atoms with Crippen LogP contribution in [-0.4, -0.2) is 30.6 Å². The predicted molar refractivity (Wildman–Crippen MR) is 71.6 cm³/mol. The quantitative estimate of drug-likeness (QED) is 0.580. The third-order valence-corrected chi connectivity index (χ3v) is 3.78. The van der Waals surface area contributed by atoms with Crippen molar-refractivity contribution in [3.05, 3.63) is 0 Å². The zero-order chi connectivity index (χ0) is 11.8. The molecule has 0 aliphatic heterocycles. The SMILES string of the molecule is CCCCCCC(CN)N(CC)CC1CC1. The summed E-state index contributed by atoms with van der Waals surface area (Å²) in [6.45, 7) is 7.86. The minimum atomic E-state index is 0.641. The molecular formula is C14H30N2. The summed E-state index contributed by atoms with van der Waals surface area (Å²) < 4.78 is 0. The Hall–Kier alpha value is -0.0800. The molecule has 0 aromatic rings. The van der Waals surface area contributed by atoms with Gasteiger partial charge in [0.15, 0.2) is 0 Å². The van der Waals surface area contributed by atoms with Crippen molar-refractivity contribution < 1.29 is 0 Å². The molecule has 0 radical (unpaired) electrons. The highest BCUT2D eigenvalue weighted by atomic mass is 15.2. The lowest BCUT2D eigenvalue weighted by molar-refractivity contribution is 0.189. The molecule has 0 spiro atoms. The number of nitrogens with zero attached hydrogens (tertiary/aromatic N) is 1. The molecule has 1 fully saturated rings. The van der Waals surface area contributed by atoms with Gasteiger partial charge in [-0.25, -0.2) is 0 Å². The van der Waals surface area contributed by atoms with Crippen molar-refractivity contribution in [2.75, 3.05) is 19.6 Å². The highest BCUT2D eigenvalue weighted by molar-refractivity contribution is 4.81. The van der Waals surface area contributed by atoms with Gasteiger partial charge < -0.3 is 5.73 Å². The van der Waals surface area contributed by atoms with Crippen LogP contribution < -0.4 is 5.73 Å². The van der Waals surface area contributed by atoms with Crippen LogP contribution in [0.15, 0.2) is 0 Å². The Kier molecular flexibility index (Phi) is 7.06. The van der Waals surface area contributed by atoms with Crippen molar-refractivity contribution in [3.63, 3.8) is 0 Å². The van der Waals surface area contributed by atoms with E-state index in [9.17, 15) is 0 Å². The molecule has 2 heteroatoms. The largest absolute Gasteiger partial charge is 0.329 e. The molecule has 0 aromatic carbocycles. The van der Waals surface area contributed by atoms with Crippen LogP contribution in [0, 0.1) is 5.92 Å². The van der Waals surface area contributed by atoms with E-state index >= 15 is 0 Å². The van der Waals surface area contributed by atoms with Crippen molar-refractivity contribution in [2.45, 2.75) is 64.8 Å². The summed E-state index contributed by atoms with van der Waals surface area (Å²) in [7, 11) is 0. The second kappa shape index (κ2) is 8.08. The van der Waals surface area contributed by atoms with Gasteiger partial charge in [-0.1, -0.05) is 39.5 Å². The van der Waals surface area contributed by atoms with Gasteiger partial charge in [-0.2, -0.15) is 0 Å². The first-order valence-corrected chi connectivity index (χ1v) is 7.25. The molecule has 1 atom stereocenters. The lowest BCUT2D eigenvalue weighted by atomic mass is 10.1. The van der Waals surface area contributed by atoms with Crippen molar-refractivity contribution >= 4 is 0 Å². The zero-order valence-corrected chi connectivity index (χ0v) is 11.3. The van der Waals surface area contributed by atoms with Gasteiger partial charge in [0.05, 0.1) is 0 Å². The summed E-state index contributed by atoms with van der Waals surface area (Å²) in [5, 5.41) is 0. The van der Waals surface area contributed by atoms with Crippen LogP contribution in [0.3, 0.4) is 0 Å². The van der Waals surface area contributed by atoms with Crippen LogP contribution in [0.25, 0.3) is 0 Å². The van der Waals surface area contributed by atoms with Gasteiger partial charge >= 0.3 is 0 Å². The normalized spacial score (nSPS) is 18.0. The standard InChI is InChI=1S/C14H30N2/c1-3-5-6-7-8-14(11-15)16(4-2)12-13-9-10-13/h13-14H,3-12,15H2,1-2H3. The number of unbranched alkanes of at least 4 members (excludes halogenated alkanes) is 3. The van der Waals surface area contributed by atoms with Crippen LogP contribution >= 0.6 is 0 Å². The van der Waals surface area contributed by atoms with Crippen LogP contribution in [0.5, 0.6) is 0 Å². The molecule has 1 rings (SSSR count). The highest BCUT2D eigenvalue weighted by Gasteiger charge is 2.26. The van der Waals surface area contributed by atoms with E-state index in [0.29, 0.717) is 6.04 Å². The molecule has 0 aromatic heterocycles. The molecular weight excluding hydrogens is 196 g/mol. The van der Waals surface area contributed by atoms with Gasteiger partial charge in [-0.15, -0.1) is 0 Å². The molecule has 0 heterocycles. The maximum atomic E-state index is 5.92. The smallest absolute Gasteiger partial charge is 0.0218 e. The molecule has 0 bridgehead atoms. The lowest BCUT2D eigenvalue weighted by Gasteiger charge is -2.30. The molecule has 1 aliphatic rings. The molecule has 0 saturated heterocycles. The van der Waals surface area contributed by atoms with E-state index in [0.717, 1.165) is 12.5 Å². The summed E-state index contributed by atoms with van der Waals surface area (Å²) in [6.07, 6.45) is 9.65. The maximum absolute atomic E-state index is 5.92. The Morgan fingerprint density at radius 3 is 2.44 bits per heavy atom. The number of likely N-dealkylation sites (N-methyl/N-ethyl adjacent to an activating group) is 1. The molecule has 1 saturated carbocycles. The van der Waals surface area contributed by atoms with Gasteiger partial charge in [-0.3, -0.25) is 4.90 Å². The summed E-state index contributed by atoms with van der Waals surface area (Å²) >= 11 is 0. The Morgan fingerprint density at radius 2 is 1.94 bits per heavy atom. The summed E-state index contributed by atoms with van der Waals surface area (Å²) in [6, 6.07) is 0.641. The number of nitrogens with two attached hydrogens (primary N) is 1. The fourth-order valence-electron chi connectivity index (χ4n) is 2.42. The molecule has 1 unspecified atom stereocenters. The average molecular weight is 226 g/mol. The molecule has 2 nitrogen and oxygen atoms in total. The van der Waals surface area contributed by atoms with Crippen molar-refractivity contribution in [2.24, 2.45) is 11.7 Å². The fraction of sp³-hybridized carbons (Fsp3) is 1.00. The Labute approximate surface area is 102 Å². The molecule has 2 N–H and O–H groups in total. The number of rotatable bonds is 10. The van der Waals surface area contributed by atoms with E-state index in [4.69, 9.17) is 5.73 Å². The van der Waals surface area contributed by atoms with Crippen LogP contribution in [0.1, 0.15) is 58.8 Å². The lowest BCUT2D eigenvalue weighted by Crippen LogP contribution is -2.41. The van der Waals surface area contributed by atoms with Gasteiger partial charge in [0.2, 0.25) is 0 Å². The zero-order valence-electron chi connectivity index (χ0n) is 11.3. The minimum Gasteiger partial charge on any atom is -0.329 e. The topological polar surface area (TPSA) is 29.3 Å². The second-order valence-corrected chi connectivity index (χ2v) is 5.27. The van der Waals surface area contributed by atoms with Crippen molar-refractivity contribution in [3.8, 4) is 0 Å². The average Bonchev–Trinajstić information content (AvgIpc) is 3.11. The summed E-state index contributed by atoms with van der Waals surface area (Å²) in [5.74, 6) is 0.990. The van der Waals surface area contributed by atoms with Gasteiger partial charge in [0, 0.05) is 19.1 Å². The first kappa shape index (κ1) is 14.0. The Bertz CT molecular complexity index is 166. The minimum absolute atomic E-state index is 0.641. The first-order chi connectivity index (χ1) is 7.81. The van der Waals surface area contributed by atoms with Crippen LogP contribution in [0.2, 0.25) is 0 Å². The first-order valence-electron chi connectivity index (χ1n) is 7.25. The van der Waals surface area contributed by atoms with E-state index in [-0.39, 0.29) is 0 Å². The van der Waals surface area contributed by atoms with Crippen molar-refractivity contribution in [1.82, 2.24) is 4.90 Å². The summed E-state index contributed by atoms with van der Waals surface area (Å²) in [4.78, 5) is 2.61. The third-order valence-electron chi connectivity index (χ3n) is 3.78. The predicted octanol–water partition coefficient (Wildman–Crippen LogP) is 3.02.